The lowest BCUT2D eigenvalue weighted by Crippen LogP contribution is -2.46. The van der Waals surface area contributed by atoms with Gasteiger partial charge in [0.15, 0.2) is 0 Å². The fraction of sp³-hybridized carbons (Fsp3) is 0.833. The van der Waals surface area contributed by atoms with Gasteiger partial charge in [0.2, 0.25) is 0 Å². The molecule has 2 aliphatic rings. The smallest absolute Gasteiger partial charge is 0.444 e. The molecule has 0 N–H and O–H groups in total. The first-order valence-electron chi connectivity index (χ1n) is 8.73. The highest BCUT2D eigenvalue weighted by Gasteiger charge is 2.51. The Hall–Kier alpha value is -1.01. The van der Waals surface area contributed by atoms with Crippen LogP contribution in [0.2, 0.25) is 0 Å². The Labute approximate surface area is 146 Å². The van der Waals surface area contributed by atoms with Gasteiger partial charge in [-0.3, -0.25) is 4.90 Å². The lowest BCUT2D eigenvalue weighted by Gasteiger charge is -2.34. The van der Waals surface area contributed by atoms with Crippen LogP contribution in [0.4, 0.5) is 4.79 Å². The Balaban J connectivity index is 2.15. The monoisotopic (exact) mass is 337 g/mol. The first-order valence-corrected chi connectivity index (χ1v) is 8.73. The van der Waals surface area contributed by atoms with Gasteiger partial charge >= 0.3 is 13.2 Å². The second-order valence-electron chi connectivity index (χ2n) is 9.26. The standard InChI is InChI=1S/C18H32BNO4/c1-15(2,3)22-14(21)20-11-10-13(16(20,4)5)12-19-23-17(6,7)18(8,9)24-19/h12H,10-11H2,1-9H3/b13-12+. The van der Waals surface area contributed by atoms with Gasteiger partial charge in [-0.25, -0.2) is 4.79 Å². The van der Waals surface area contributed by atoms with E-state index in [2.05, 4.69) is 0 Å². The normalized spacial score (nSPS) is 27.0. The SMILES string of the molecule is CC(C)(C)OC(=O)N1CC/C(=C\B2OC(C)(C)C(C)(C)O2)C1(C)C. The number of hydrogen-bond donors (Lipinski definition) is 0. The van der Waals surface area contributed by atoms with Crippen molar-refractivity contribution in [1.82, 2.24) is 4.90 Å². The summed E-state index contributed by atoms with van der Waals surface area (Å²) in [6, 6.07) is 0. The Morgan fingerprint density at radius 2 is 1.62 bits per heavy atom. The summed E-state index contributed by atoms with van der Waals surface area (Å²) in [6.07, 6.45) is 0.529. The first kappa shape index (κ1) is 19.3. The van der Waals surface area contributed by atoms with Crippen molar-refractivity contribution in [3.8, 4) is 0 Å². The van der Waals surface area contributed by atoms with E-state index in [0.29, 0.717) is 6.54 Å². The number of carbonyl (C=O) groups excluding carboxylic acids is 1. The number of hydrogen-bond acceptors (Lipinski definition) is 4. The number of likely N-dealkylation sites (tertiary alicyclic amines) is 1. The summed E-state index contributed by atoms with van der Waals surface area (Å²) in [4.78, 5) is 14.3. The molecule has 0 aromatic rings. The van der Waals surface area contributed by atoms with E-state index in [1.165, 1.54) is 0 Å². The van der Waals surface area contributed by atoms with Crippen molar-refractivity contribution < 1.29 is 18.8 Å². The van der Waals surface area contributed by atoms with Gasteiger partial charge in [0, 0.05) is 6.54 Å². The minimum absolute atomic E-state index is 0.273. The van der Waals surface area contributed by atoms with Crippen LogP contribution in [0.15, 0.2) is 11.5 Å². The molecule has 24 heavy (non-hydrogen) atoms. The van der Waals surface area contributed by atoms with Crippen molar-refractivity contribution in [3.63, 3.8) is 0 Å². The third kappa shape index (κ3) is 3.64. The molecule has 2 rings (SSSR count). The van der Waals surface area contributed by atoms with Gasteiger partial charge in [-0.2, -0.15) is 0 Å². The van der Waals surface area contributed by atoms with E-state index < -0.39 is 11.1 Å². The maximum absolute atomic E-state index is 12.5. The number of ether oxygens (including phenoxy) is 1. The van der Waals surface area contributed by atoms with E-state index in [1.807, 2.05) is 68.3 Å². The van der Waals surface area contributed by atoms with Crippen LogP contribution in [0.25, 0.3) is 0 Å². The number of carbonyl (C=O) groups is 1. The van der Waals surface area contributed by atoms with Gasteiger partial charge in [0.1, 0.15) is 5.60 Å². The van der Waals surface area contributed by atoms with Crippen molar-refractivity contribution in [1.29, 1.82) is 0 Å². The third-order valence-electron chi connectivity index (χ3n) is 5.29. The highest BCUT2D eigenvalue weighted by molar-refractivity contribution is 6.51. The van der Waals surface area contributed by atoms with E-state index in [9.17, 15) is 4.79 Å². The third-order valence-corrected chi connectivity index (χ3v) is 5.29. The zero-order chi connectivity index (χ0) is 18.6. The Morgan fingerprint density at radius 1 is 1.12 bits per heavy atom. The van der Waals surface area contributed by atoms with Crippen molar-refractivity contribution >= 4 is 13.2 Å². The summed E-state index contributed by atoms with van der Waals surface area (Å²) in [7, 11) is -0.386. The molecule has 2 fully saturated rings. The van der Waals surface area contributed by atoms with Crippen molar-refractivity contribution in [2.75, 3.05) is 6.54 Å². The predicted molar refractivity (Wildman–Crippen MR) is 95.8 cm³/mol. The minimum atomic E-state index is -0.495. The largest absolute Gasteiger partial charge is 0.487 e. The van der Waals surface area contributed by atoms with Crippen LogP contribution in [0.1, 0.15) is 68.7 Å². The summed E-state index contributed by atoms with van der Waals surface area (Å²) in [5.41, 5.74) is -0.478. The van der Waals surface area contributed by atoms with Gasteiger partial charge in [-0.1, -0.05) is 11.5 Å². The molecule has 0 unspecified atom stereocenters. The van der Waals surface area contributed by atoms with Crippen LogP contribution in [-0.4, -0.2) is 47.0 Å². The van der Waals surface area contributed by atoms with E-state index in [4.69, 9.17) is 14.0 Å². The molecular weight excluding hydrogens is 305 g/mol. The van der Waals surface area contributed by atoms with Gasteiger partial charge in [0.25, 0.3) is 0 Å². The highest BCUT2D eigenvalue weighted by Crippen LogP contribution is 2.40. The highest BCUT2D eigenvalue weighted by atomic mass is 16.7. The molecule has 2 saturated heterocycles. The van der Waals surface area contributed by atoms with E-state index >= 15 is 0 Å². The average Bonchev–Trinajstić information content (AvgIpc) is 2.71. The molecule has 0 saturated carbocycles. The minimum Gasteiger partial charge on any atom is -0.444 e. The Bertz CT molecular complexity index is 530. The molecule has 0 atom stereocenters. The Kier molecular flexibility index (Phi) is 4.64. The summed E-state index contributed by atoms with van der Waals surface area (Å²) >= 11 is 0. The summed E-state index contributed by atoms with van der Waals surface area (Å²) in [5, 5.41) is 0. The maximum Gasteiger partial charge on any atom is 0.487 e. The van der Waals surface area contributed by atoms with Crippen LogP contribution in [-0.2, 0) is 14.0 Å². The molecule has 0 aliphatic carbocycles. The predicted octanol–water partition coefficient (Wildman–Crippen LogP) is 3.96. The second-order valence-corrected chi connectivity index (χ2v) is 9.26. The van der Waals surface area contributed by atoms with Crippen molar-refractivity contribution in [2.45, 2.75) is 91.1 Å². The topological polar surface area (TPSA) is 48.0 Å². The van der Waals surface area contributed by atoms with Gasteiger partial charge in [0.05, 0.1) is 16.7 Å². The zero-order valence-corrected chi connectivity index (χ0v) is 16.6. The van der Waals surface area contributed by atoms with E-state index in [1.54, 1.807) is 4.90 Å². The van der Waals surface area contributed by atoms with Crippen LogP contribution in [0.3, 0.4) is 0 Å². The van der Waals surface area contributed by atoms with Gasteiger partial charge < -0.3 is 14.0 Å². The summed E-state index contributed by atoms with van der Waals surface area (Å²) in [5.74, 6) is 2.03. The van der Waals surface area contributed by atoms with E-state index in [-0.39, 0.29) is 24.4 Å². The lowest BCUT2D eigenvalue weighted by molar-refractivity contribution is 0.00578. The van der Waals surface area contributed by atoms with Gasteiger partial charge in [-0.15, -0.1) is 0 Å². The molecule has 1 amide bonds. The number of amides is 1. The molecule has 2 heterocycles. The summed E-state index contributed by atoms with van der Waals surface area (Å²) < 4.78 is 17.7. The van der Waals surface area contributed by atoms with Crippen molar-refractivity contribution in [3.05, 3.63) is 11.5 Å². The molecular formula is C18H32BNO4. The molecule has 2 aliphatic heterocycles. The molecule has 5 nitrogen and oxygen atoms in total. The van der Waals surface area contributed by atoms with Crippen LogP contribution in [0, 0.1) is 0 Å². The van der Waals surface area contributed by atoms with E-state index in [0.717, 1.165) is 12.0 Å². The molecule has 0 aromatic carbocycles. The van der Waals surface area contributed by atoms with Crippen LogP contribution >= 0.6 is 0 Å². The fourth-order valence-corrected chi connectivity index (χ4v) is 3.04. The number of rotatable bonds is 1. The van der Waals surface area contributed by atoms with Crippen molar-refractivity contribution in [2.24, 2.45) is 0 Å². The Morgan fingerprint density at radius 3 is 2.08 bits per heavy atom. The average molecular weight is 337 g/mol. The quantitative estimate of drug-likeness (QED) is 0.680. The van der Waals surface area contributed by atoms with Crippen LogP contribution < -0.4 is 0 Å². The molecule has 0 radical (unpaired) electrons. The fourth-order valence-electron chi connectivity index (χ4n) is 3.04. The molecule has 0 spiro atoms. The molecule has 6 heteroatoms. The van der Waals surface area contributed by atoms with Crippen LogP contribution in [0.5, 0.6) is 0 Å². The molecule has 0 bridgehead atoms. The zero-order valence-electron chi connectivity index (χ0n) is 16.6. The summed E-state index contributed by atoms with van der Waals surface area (Å²) in [6.45, 7) is 18.5. The lowest BCUT2D eigenvalue weighted by atomic mass is 9.81. The molecule has 0 aromatic heterocycles. The number of nitrogens with zero attached hydrogens (tertiary/aromatic N) is 1. The molecule has 136 valence electrons. The second kappa shape index (κ2) is 5.77. The first-order chi connectivity index (χ1) is 10.7. The van der Waals surface area contributed by atoms with Gasteiger partial charge in [-0.05, 0) is 68.7 Å². The maximum atomic E-state index is 12.5.